The van der Waals surface area contributed by atoms with Gasteiger partial charge in [-0.25, -0.2) is 9.97 Å². The third kappa shape index (κ3) is 5.18. The van der Waals surface area contributed by atoms with Crippen LogP contribution in [0.1, 0.15) is 15.9 Å². The average Bonchev–Trinajstić information content (AvgIpc) is 2.62. The SMILES string of the molecule is O=C(Nc1cccc(Cl)c1)c1cnc(NCCc2cccc(Cl)c2)nc1. The summed E-state index contributed by atoms with van der Waals surface area (Å²) in [5.74, 6) is 0.170. The zero-order valence-electron chi connectivity index (χ0n) is 13.7. The molecular formula is C19H16Cl2N4O. The molecule has 26 heavy (non-hydrogen) atoms. The topological polar surface area (TPSA) is 66.9 Å². The van der Waals surface area contributed by atoms with E-state index in [4.69, 9.17) is 23.2 Å². The van der Waals surface area contributed by atoms with E-state index >= 15 is 0 Å². The number of hydrogen-bond donors (Lipinski definition) is 2. The molecule has 0 saturated carbocycles. The first-order valence-electron chi connectivity index (χ1n) is 7.97. The number of rotatable bonds is 6. The Labute approximate surface area is 161 Å². The van der Waals surface area contributed by atoms with Gasteiger partial charge in [0, 0.05) is 34.7 Å². The number of amides is 1. The van der Waals surface area contributed by atoms with E-state index in [1.807, 2.05) is 24.3 Å². The van der Waals surface area contributed by atoms with E-state index in [9.17, 15) is 4.79 Å². The van der Waals surface area contributed by atoms with Crippen LogP contribution >= 0.6 is 23.2 Å². The third-order valence-electron chi connectivity index (χ3n) is 3.58. The van der Waals surface area contributed by atoms with Gasteiger partial charge in [0.25, 0.3) is 5.91 Å². The average molecular weight is 387 g/mol. The fraction of sp³-hybridized carbons (Fsp3) is 0.105. The molecule has 0 saturated heterocycles. The van der Waals surface area contributed by atoms with Crippen LogP contribution in [0, 0.1) is 0 Å². The largest absolute Gasteiger partial charge is 0.354 e. The van der Waals surface area contributed by atoms with Gasteiger partial charge < -0.3 is 10.6 Å². The molecule has 0 unspecified atom stereocenters. The van der Waals surface area contributed by atoms with Crippen molar-refractivity contribution in [2.75, 3.05) is 17.2 Å². The molecule has 0 aliphatic rings. The maximum absolute atomic E-state index is 12.2. The molecule has 1 heterocycles. The highest BCUT2D eigenvalue weighted by atomic mass is 35.5. The summed E-state index contributed by atoms with van der Waals surface area (Å²) >= 11 is 11.9. The summed E-state index contributed by atoms with van der Waals surface area (Å²) in [6.07, 6.45) is 3.75. The van der Waals surface area contributed by atoms with Crippen molar-refractivity contribution in [3.05, 3.63) is 82.1 Å². The van der Waals surface area contributed by atoms with Crippen LogP contribution in [0.15, 0.2) is 60.9 Å². The van der Waals surface area contributed by atoms with Gasteiger partial charge in [-0.15, -0.1) is 0 Å². The lowest BCUT2D eigenvalue weighted by Crippen LogP contribution is -2.14. The Morgan fingerprint density at radius 3 is 2.35 bits per heavy atom. The standard InChI is InChI=1S/C19H16Cl2N4O/c20-15-4-1-3-13(9-15)7-8-22-19-23-11-14(12-24-19)18(26)25-17-6-2-5-16(21)10-17/h1-6,9-12H,7-8H2,(H,25,26)(H,22,23,24). The lowest BCUT2D eigenvalue weighted by Gasteiger charge is -2.07. The molecule has 0 radical (unpaired) electrons. The van der Waals surface area contributed by atoms with Crippen LogP contribution in [0.4, 0.5) is 11.6 Å². The Balaban J connectivity index is 1.53. The van der Waals surface area contributed by atoms with Gasteiger partial charge in [0.15, 0.2) is 0 Å². The predicted octanol–water partition coefficient (Wildman–Crippen LogP) is 4.69. The number of hydrogen-bond acceptors (Lipinski definition) is 4. The molecule has 0 aliphatic carbocycles. The summed E-state index contributed by atoms with van der Waals surface area (Å²) in [7, 11) is 0. The molecule has 3 rings (SSSR count). The van der Waals surface area contributed by atoms with Gasteiger partial charge in [-0.05, 0) is 42.3 Å². The van der Waals surface area contributed by atoms with Crippen molar-refractivity contribution in [2.45, 2.75) is 6.42 Å². The summed E-state index contributed by atoms with van der Waals surface area (Å²) in [5.41, 5.74) is 2.11. The lowest BCUT2D eigenvalue weighted by atomic mass is 10.1. The Hall–Kier alpha value is -2.63. The van der Waals surface area contributed by atoms with E-state index < -0.39 is 0 Å². The smallest absolute Gasteiger partial charge is 0.258 e. The highest BCUT2D eigenvalue weighted by Crippen LogP contribution is 2.16. The fourth-order valence-electron chi connectivity index (χ4n) is 2.32. The van der Waals surface area contributed by atoms with Crippen LogP contribution in [-0.2, 0) is 6.42 Å². The summed E-state index contributed by atoms with van der Waals surface area (Å²) in [6.45, 7) is 0.661. The van der Waals surface area contributed by atoms with Gasteiger partial charge in [-0.3, -0.25) is 4.79 Å². The van der Waals surface area contributed by atoms with Gasteiger partial charge in [0.2, 0.25) is 5.95 Å². The van der Waals surface area contributed by atoms with E-state index in [0.29, 0.717) is 33.8 Å². The van der Waals surface area contributed by atoms with E-state index in [2.05, 4.69) is 20.6 Å². The summed E-state index contributed by atoms with van der Waals surface area (Å²) in [6, 6.07) is 14.6. The molecular weight excluding hydrogens is 371 g/mol. The first-order chi connectivity index (χ1) is 12.6. The number of carbonyl (C=O) groups excluding carboxylic acids is 1. The molecule has 2 aromatic carbocycles. The maximum atomic E-state index is 12.2. The molecule has 0 spiro atoms. The number of benzene rings is 2. The zero-order valence-corrected chi connectivity index (χ0v) is 15.3. The Bertz CT molecular complexity index is 900. The normalized spacial score (nSPS) is 10.4. The van der Waals surface area contributed by atoms with Gasteiger partial charge in [0.1, 0.15) is 0 Å². The molecule has 132 valence electrons. The highest BCUT2D eigenvalue weighted by molar-refractivity contribution is 6.31. The van der Waals surface area contributed by atoms with Crippen molar-refractivity contribution < 1.29 is 4.79 Å². The second-order valence-corrected chi connectivity index (χ2v) is 6.44. The number of halogens is 2. The van der Waals surface area contributed by atoms with Crippen molar-refractivity contribution >= 4 is 40.7 Å². The van der Waals surface area contributed by atoms with Crippen LogP contribution in [0.5, 0.6) is 0 Å². The van der Waals surface area contributed by atoms with E-state index in [1.165, 1.54) is 12.4 Å². The molecule has 7 heteroatoms. The summed E-state index contributed by atoms with van der Waals surface area (Å²) in [4.78, 5) is 20.5. The summed E-state index contributed by atoms with van der Waals surface area (Å²) < 4.78 is 0. The van der Waals surface area contributed by atoms with E-state index in [1.54, 1.807) is 24.3 Å². The van der Waals surface area contributed by atoms with Gasteiger partial charge in [0.05, 0.1) is 5.56 Å². The van der Waals surface area contributed by atoms with E-state index in [-0.39, 0.29) is 5.91 Å². The monoisotopic (exact) mass is 386 g/mol. The quantitative estimate of drug-likeness (QED) is 0.644. The minimum Gasteiger partial charge on any atom is -0.354 e. The molecule has 0 aliphatic heterocycles. The second-order valence-electron chi connectivity index (χ2n) is 5.57. The Kier molecular flexibility index (Phi) is 6.04. The van der Waals surface area contributed by atoms with Crippen molar-refractivity contribution in [1.82, 2.24) is 9.97 Å². The number of nitrogens with zero attached hydrogens (tertiary/aromatic N) is 2. The number of aromatic nitrogens is 2. The lowest BCUT2D eigenvalue weighted by molar-refractivity contribution is 0.102. The Morgan fingerprint density at radius 2 is 1.65 bits per heavy atom. The van der Waals surface area contributed by atoms with Gasteiger partial charge in [-0.1, -0.05) is 41.4 Å². The molecule has 2 N–H and O–H groups in total. The number of carbonyl (C=O) groups is 1. The molecule has 1 aromatic heterocycles. The zero-order chi connectivity index (χ0) is 18.4. The molecule has 1 amide bonds. The van der Waals surface area contributed by atoms with Crippen LogP contribution < -0.4 is 10.6 Å². The van der Waals surface area contributed by atoms with Crippen molar-refractivity contribution in [2.24, 2.45) is 0 Å². The Morgan fingerprint density at radius 1 is 0.962 bits per heavy atom. The van der Waals surface area contributed by atoms with Crippen molar-refractivity contribution in [3.8, 4) is 0 Å². The molecule has 0 atom stereocenters. The van der Waals surface area contributed by atoms with Gasteiger partial charge >= 0.3 is 0 Å². The fourth-order valence-corrected chi connectivity index (χ4v) is 2.72. The predicted molar refractivity (Wildman–Crippen MR) is 105 cm³/mol. The van der Waals surface area contributed by atoms with Crippen LogP contribution in [0.25, 0.3) is 0 Å². The van der Waals surface area contributed by atoms with Crippen molar-refractivity contribution in [3.63, 3.8) is 0 Å². The minimum atomic E-state index is -0.294. The van der Waals surface area contributed by atoms with E-state index in [0.717, 1.165) is 12.0 Å². The first-order valence-corrected chi connectivity index (χ1v) is 8.73. The first kappa shape index (κ1) is 18.2. The summed E-state index contributed by atoms with van der Waals surface area (Å²) in [5, 5.41) is 7.14. The van der Waals surface area contributed by atoms with Crippen LogP contribution in [0.2, 0.25) is 10.0 Å². The number of anilines is 2. The molecule has 5 nitrogen and oxygen atoms in total. The highest BCUT2D eigenvalue weighted by Gasteiger charge is 2.08. The second kappa shape index (κ2) is 8.65. The number of nitrogens with one attached hydrogen (secondary N) is 2. The maximum Gasteiger partial charge on any atom is 0.258 e. The van der Waals surface area contributed by atoms with Crippen LogP contribution in [-0.4, -0.2) is 22.4 Å². The van der Waals surface area contributed by atoms with Crippen molar-refractivity contribution in [1.29, 1.82) is 0 Å². The van der Waals surface area contributed by atoms with Gasteiger partial charge in [-0.2, -0.15) is 0 Å². The molecule has 0 fully saturated rings. The third-order valence-corrected chi connectivity index (χ3v) is 4.05. The molecule has 0 bridgehead atoms. The van der Waals surface area contributed by atoms with Crippen LogP contribution in [0.3, 0.4) is 0 Å². The minimum absolute atomic E-state index is 0.294. The molecule has 3 aromatic rings.